The van der Waals surface area contributed by atoms with Crippen molar-refractivity contribution in [2.75, 3.05) is 0 Å². The Bertz CT molecular complexity index is 574. The third-order valence-electron chi connectivity index (χ3n) is 4.29. The van der Waals surface area contributed by atoms with Crippen molar-refractivity contribution >= 4 is 11.0 Å². The van der Waals surface area contributed by atoms with Gasteiger partial charge in [-0.1, -0.05) is 12.1 Å². The van der Waals surface area contributed by atoms with Gasteiger partial charge in [0.25, 0.3) is 0 Å². The van der Waals surface area contributed by atoms with Gasteiger partial charge < -0.3 is 10.2 Å². The highest BCUT2D eigenvalue weighted by atomic mass is 16.3. The number of hydrogen-bond acceptors (Lipinski definition) is 4. The summed E-state index contributed by atoms with van der Waals surface area (Å²) in [4.78, 5) is 9.30. The Morgan fingerprint density at radius 3 is 1.72 bits per heavy atom. The first-order valence-electron chi connectivity index (χ1n) is 6.38. The monoisotopic (exact) mass is 242 g/mol. The topological polar surface area (TPSA) is 66.2 Å². The predicted molar refractivity (Wildman–Crippen MR) is 66.3 cm³/mol. The van der Waals surface area contributed by atoms with E-state index in [1.807, 2.05) is 24.3 Å². The first-order valence-corrected chi connectivity index (χ1v) is 6.38. The van der Waals surface area contributed by atoms with Gasteiger partial charge in [-0.15, -0.1) is 0 Å². The lowest BCUT2D eigenvalue weighted by Crippen LogP contribution is -2.46. The predicted octanol–water partition coefficient (Wildman–Crippen LogP) is 1.33. The molecule has 2 bridgehead atoms. The third-order valence-corrected chi connectivity index (χ3v) is 4.29. The quantitative estimate of drug-likeness (QED) is 0.731. The Morgan fingerprint density at radius 1 is 0.833 bits per heavy atom. The number of para-hydroxylation sites is 2. The maximum atomic E-state index is 10.1. The molecule has 4 atom stereocenters. The minimum absolute atomic E-state index is 0.0582. The SMILES string of the molecule is O[C@@H]1[C@H](O)[C@H]2CC[C@@H]1c1nc3ccccc3nc12. The molecule has 4 nitrogen and oxygen atoms in total. The number of fused-ring (bicyclic) bond motifs is 3. The van der Waals surface area contributed by atoms with E-state index < -0.39 is 12.2 Å². The fraction of sp³-hybridized carbons (Fsp3) is 0.429. The largest absolute Gasteiger partial charge is 0.390 e. The number of nitrogens with zero attached hydrogens (tertiary/aromatic N) is 2. The van der Waals surface area contributed by atoms with Crippen LogP contribution in [0.2, 0.25) is 0 Å². The van der Waals surface area contributed by atoms with Crippen LogP contribution in [-0.2, 0) is 0 Å². The fourth-order valence-electron chi connectivity index (χ4n) is 3.35. The lowest BCUT2D eigenvalue weighted by Gasteiger charge is -2.43. The van der Waals surface area contributed by atoms with Crippen LogP contribution < -0.4 is 0 Å². The van der Waals surface area contributed by atoms with Gasteiger partial charge in [-0.2, -0.15) is 0 Å². The lowest BCUT2D eigenvalue weighted by atomic mass is 9.67. The molecular formula is C14H14N2O2. The Hall–Kier alpha value is -1.52. The van der Waals surface area contributed by atoms with Crippen LogP contribution in [0, 0.1) is 0 Å². The molecule has 1 fully saturated rings. The van der Waals surface area contributed by atoms with E-state index in [0.717, 1.165) is 35.3 Å². The first kappa shape index (κ1) is 10.4. The number of hydrogen-bond donors (Lipinski definition) is 2. The molecule has 0 radical (unpaired) electrons. The zero-order chi connectivity index (χ0) is 12.3. The van der Waals surface area contributed by atoms with Crippen LogP contribution in [0.1, 0.15) is 36.1 Å². The summed E-state index contributed by atoms with van der Waals surface area (Å²) in [6.45, 7) is 0. The molecule has 1 heterocycles. The maximum Gasteiger partial charge on any atom is 0.0890 e. The highest BCUT2D eigenvalue weighted by Gasteiger charge is 2.47. The molecule has 3 aliphatic carbocycles. The minimum Gasteiger partial charge on any atom is -0.390 e. The first-order chi connectivity index (χ1) is 8.75. The van der Waals surface area contributed by atoms with Gasteiger partial charge in [0.2, 0.25) is 0 Å². The Labute approximate surface area is 104 Å². The van der Waals surface area contributed by atoms with Gasteiger partial charge in [-0.25, -0.2) is 9.97 Å². The van der Waals surface area contributed by atoms with Crippen molar-refractivity contribution in [1.82, 2.24) is 9.97 Å². The zero-order valence-electron chi connectivity index (χ0n) is 9.82. The van der Waals surface area contributed by atoms with Crippen molar-refractivity contribution in [2.45, 2.75) is 36.9 Å². The Morgan fingerprint density at radius 2 is 1.28 bits per heavy atom. The van der Waals surface area contributed by atoms with Gasteiger partial charge in [0.05, 0.1) is 34.6 Å². The van der Waals surface area contributed by atoms with Gasteiger partial charge in [0.1, 0.15) is 0 Å². The van der Waals surface area contributed by atoms with E-state index in [1.165, 1.54) is 0 Å². The smallest absolute Gasteiger partial charge is 0.0890 e. The van der Waals surface area contributed by atoms with Crippen molar-refractivity contribution < 1.29 is 10.2 Å². The molecule has 1 saturated carbocycles. The number of aliphatic hydroxyl groups excluding tert-OH is 2. The molecule has 92 valence electrons. The molecule has 1 aromatic carbocycles. The zero-order valence-corrected chi connectivity index (χ0v) is 9.82. The highest BCUT2D eigenvalue weighted by molar-refractivity contribution is 5.74. The molecule has 1 aromatic heterocycles. The highest BCUT2D eigenvalue weighted by Crippen LogP contribution is 2.48. The summed E-state index contributed by atoms with van der Waals surface area (Å²) in [5, 5.41) is 20.1. The molecule has 2 aromatic rings. The van der Waals surface area contributed by atoms with Crippen molar-refractivity contribution in [3.05, 3.63) is 35.7 Å². The molecule has 0 amide bonds. The van der Waals surface area contributed by atoms with E-state index in [-0.39, 0.29) is 11.8 Å². The number of rotatable bonds is 0. The van der Waals surface area contributed by atoms with E-state index >= 15 is 0 Å². The van der Waals surface area contributed by atoms with Crippen LogP contribution in [-0.4, -0.2) is 32.4 Å². The molecule has 2 N–H and O–H groups in total. The Balaban J connectivity index is 2.00. The summed E-state index contributed by atoms with van der Waals surface area (Å²) in [6, 6.07) is 7.76. The second kappa shape index (κ2) is 3.49. The van der Waals surface area contributed by atoms with Crippen molar-refractivity contribution in [3.8, 4) is 0 Å². The van der Waals surface area contributed by atoms with Gasteiger partial charge in [0.15, 0.2) is 0 Å². The minimum atomic E-state index is -0.688. The standard InChI is InChI=1S/C14H14N2O2/c17-13-7-5-6-8(14(13)18)12-11(7)15-9-3-1-2-4-10(9)16-12/h1-4,7-8,13-14,17-18H,5-6H2/t7-,8+,13+,14-. The summed E-state index contributed by atoms with van der Waals surface area (Å²) < 4.78 is 0. The molecule has 0 aliphatic heterocycles. The summed E-state index contributed by atoms with van der Waals surface area (Å²) in [6.07, 6.45) is 0.407. The summed E-state index contributed by atoms with van der Waals surface area (Å²) in [7, 11) is 0. The van der Waals surface area contributed by atoms with Crippen molar-refractivity contribution in [2.24, 2.45) is 0 Å². The van der Waals surface area contributed by atoms with Crippen LogP contribution in [0.4, 0.5) is 0 Å². The number of benzene rings is 1. The van der Waals surface area contributed by atoms with Gasteiger partial charge in [0, 0.05) is 11.8 Å². The van der Waals surface area contributed by atoms with Gasteiger partial charge in [-0.05, 0) is 25.0 Å². The summed E-state index contributed by atoms with van der Waals surface area (Å²) >= 11 is 0. The Kier molecular flexibility index (Phi) is 2.02. The summed E-state index contributed by atoms with van der Waals surface area (Å²) in [5.74, 6) is -0.116. The van der Waals surface area contributed by atoms with Crippen LogP contribution in [0.25, 0.3) is 11.0 Å². The molecule has 5 rings (SSSR count). The second-order valence-corrected chi connectivity index (χ2v) is 5.25. The van der Waals surface area contributed by atoms with Crippen LogP contribution >= 0.6 is 0 Å². The summed E-state index contributed by atoms with van der Waals surface area (Å²) in [5.41, 5.74) is 3.52. The maximum absolute atomic E-state index is 10.1. The normalized spacial score (nSPS) is 33.7. The van der Waals surface area contributed by atoms with E-state index in [1.54, 1.807) is 0 Å². The number of aliphatic hydroxyl groups is 2. The van der Waals surface area contributed by atoms with E-state index in [9.17, 15) is 10.2 Å². The fourth-order valence-corrected chi connectivity index (χ4v) is 3.35. The van der Waals surface area contributed by atoms with Crippen LogP contribution in [0.5, 0.6) is 0 Å². The van der Waals surface area contributed by atoms with E-state index in [2.05, 4.69) is 9.97 Å². The third kappa shape index (κ3) is 1.22. The van der Waals surface area contributed by atoms with Crippen molar-refractivity contribution in [3.63, 3.8) is 0 Å². The number of aromatic nitrogens is 2. The molecule has 0 spiro atoms. The molecular weight excluding hydrogens is 228 g/mol. The van der Waals surface area contributed by atoms with E-state index in [0.29, 0.717) is 0 Å². The van der Waals surface area contributed by atoms with Crippen molar-refractivity contribution in [1.29, 1.82) is 0 Å². The van der Waals surface area contributed by atoms with Crippen LogP contribution in [0.15, 0.2) is 24.3 Å². The average Bonchev–Trinajstić information content (AvgIpc) is 2.41. The van der Waals surface area contributed by atoms with E-state index in [4.69, 9.17) is 0 Å². The molecule has 3 aliphatic rings. The molecule has 0 saturated heterocycles. The molecule has 18 heavy (non-hydrogen) atoms. The van der Waals surface area contributed by atoms with Crippen LogP contribution in [0.3, 0.4) is 0 Å². The molecule has 4 heteroatoms. The average molecular weight is 242 g/mol. The lowest BCUT2D eigenvalue weighted by molar-refractivity contribution is -0.0486. The van der Waals surface area contributed by atoms with Gasteiger partial charge in [-0.3, -0.25) is 0 Å². The second-order valence-electron chi connectivity index (χ2n) is 5.25. The van der Waals surface area contributed by atoms with Gasteiger partial charge >= 0.3 is 0 Å². The molecule has 0 unspecified atom stereocenters.